The fraction of sp³-hybridized carbons (Fsp3) is 0.286. The number of rotatable bonds is 6. The fourth-order valence-electron chi connectivity index (χ4n) is 3.16. The second-order valence-electron chi connectivity index (χ2n) is 6.92. The van der Waals surface area contributed by atoms with E-state index in [1.807, 2.05) is 62.0 Å². The average molecular weight is 410 g/mol. The van der Waals surface area contributed by atoms with Crippen molar-refractivity contribution in [1.29, 1.82) is 0 Å². The van der Waals surface area contributed by atoms with Crippen molar-refractivity contribution in [3.8, 4) is 17.2 Å². The van der Waals surface area contributed by atoms with Crippen LogP contribution in [0.15, 0.2) is 40.1 Å². The highest BCUT2D eigenvalue weighted by Gasteiger charge is 2.17. The number of nitrogens with one attached hydrogen (secondary N) is 1. The first kappa shape index (κ1) is 19.2. The molecule has 0 aliphatic rings. The van der Waals surface area contributed by atoms with Gasteiger partial charge in [-0.3, -0.25) is 14.8 Å². The second-order valence-corrected chi connectivity index (χ2v) is 7.78. The topological polar surface area (TPSA) is 82.2 Å². The quantitative estimate of drug-likeness (QED) is 0.467. The van der Waals surface area contributed by atoms with E-state index in [4.69, 9.17) is 9.15 Å². The molecule has 0 atom stereocenters. The van der Waals surface area contributed by atoms with Gasteiger partial charge in [0.1, 0.15) is 5.69 Å². The first-order valence-corrected chi connectivity index (χ1v) is 10.3. The summed E-state index contributed by atoms with van der Waals surface area (Å²) >= 11 is 1.34. The molecule has 0 saturated heterocycles. The molecule has 0 spiro atoms. The number of fused-ring (bicyclic) bond motifs is 1. The molecule has 0 aliphatic carbocycles. The normalized spacial score (nSPS) is 11.3. The van der Waals surface area contributed by atoms with E-state index < -0.39 is 0 Å². The van der Waals surface area contributed by atoms with Gasteiger partial charge >= 0.3 is 0 Å². The average Bonchev–Trinajstić information content (AvgIpc) is 3.39. The van der Waals surface area contributed by atoms with Gasteiger partial charge in [-0.25, -0.2) is 4.98 Å². The minimum atomic E-state index is -0.281. The van der Waals surface area contributed by atoms with Gasteiger partial charge in [-0.15, -0.1) is 11.3 Å². The van der Waals surface area contributed by atoms with Gasteiger partial charge in [0.2, 0.25) is 0 Å². The molecular weight excluding hydrogens is 388 g/mol. The predicted molar refractivity (Wildman–Crippen MR) is 114 cm³/mol. The molecule has 0 saturated carbocycles. The summed E-state index contributed by atoms with van der Waals surface area (Å²) < 4.78 is 13.4. The molecule has 150 valence electrons. The number of furan rings is 1. The number of hydrogen-bond acceptors (Lipinski definition) is 6. The van der Waals surface area contributed by atoms with Crippen molar-refractivity contribution in [1.82, 2.24) is 14.8 Å². The van der Waals surface area contributed by atoms with Gasteiger partial charge in [-0.05, 0) is 45.9 Å². The molecular formula is C21H22N4O3S. The van der Waals surface area contributed by atoms with Crippen LogP contribution in [0.1, 0.15) is 43.0 Å². The number of aromatic nitrogens is 3. The van der Waals surface area contributed by atoms with Crippen molar-refractivity contribution in [3.05, 3.63) is 47.1 Å². The fourth-order valence-corrected chi connectivity index (χ4v) is 3.85. The molecule has 0 bridgehead atoms. The zero-order valence-corrected chi connectivity index (χ0v) is 17.5. The minimum Gasteiger partial charge on any atom is -0.490 e. The number of carbonyl (C=O) groups excluding carboxylic acids is 1. The van der Waals surface area contributed by atoms with Crippen molar-refractivity contribution in [3.63, 3.8) is 0 Å². The maximum absolute atomic E-state index is 12.5. The number of para-hydroxylation sites is 1. The molecule has 1 N–H and O–H groups in total. The molecule has 1 amide bonds. The molecule has 3 aromatic heterocycles. The zero-order valence-electron chi connectivity index (χ0n) is 16.7. The summed E-state index contributed by atoms with van der Waals surface area (Å²) in [6, 6.07) is 9.66. The Labute approximate surface area is 172 Å². The Hall–Kier alpha value is -3.13. The Bertz CT molecular complexity index is 1170. The van der Waals surface area contributed by atoms with Crippen LogP contribution >= 0.6 is 11.3 Å². The third kappa shape index (κ3) is 3.75. The lowest BCUT2D eigenvalue weighted by Gasteiger charge is -2.06. The van der Waals surface area contributed by atoms with Crippen LogP contribution in [0.4, 0.5) is 5.13 Å². The molecule has 0 unspecified atom stereocenters. The highest BCUT2D eigenvalue weighted by Crippen LogP contribution is 2.34. The lowest BCUT2D eigenvalue weighted by molar-refractivity contribution is 0.102. The summed E-state index contributed by atoms with van der Waals surface area (Å²) in [6.07, 6.45) is 0. The third-order valence-electron chi connectivity index (χ3n) is 4.43. The van der Waals surface area contributed by atoms with Crippen molar-refractivity contribution in [2.45, 2.75) is 33.7 Å². The zero-order chi connectivity index (χ0) is 20.5. The van der Waals surface area contributed by atoms with Crippen molar-refractivity contribution >= 4 is 33.3 Å². The number of nitrogens with zero attached hydrogens (tertiary/aromatic N) is 3. The standard InChI is InChI=1S/C21H22N4O3S/c1-5-27-17-8-6-7-14-10-18(28-19(14)17)16-11-29-21(22-16)23-20(26)15-9-13(4)25(24-15)12(2)3/h6-12H,5H2,1-4H3,(H,22,23,26). The number of amides is 1. The Morgan fingerprint density at radius 2 is 2.17 bits per heavy atom. The van der Waals surface area contributed by atoms with Gasteiger partial charge < -0.3 is 9.15 Å². The maximum atomic E-state index is 12.5. The number of carbonyl (C=O) groups is 1. The highest BCUT2D eigenvalue weighted by atomic mass is 32.1. The highest BCUT2D eigenvalue weighted by molar-refractivity contribution is 7.14. The molecule has 29 heavy (non-hydrogen) atoms. The van der Waals surface area contributed by atoms with E-state index >= 15 is 0 Å². The van der Waals surface area contributed by atoms with Gasteiger partial charge in [0, 0.05) is 22.5 Å². The Balaban J connectivity index is 1.56. The van der Waals surface area contributed by atoms with Gasteiger partial charge in [0.25, 0.3) is 5.91 Å². The van der Waals surface area contributed by atoms with Crippen LogP contribution in [0.2, 0.25) is 0 Å². The lowest BCUT2D eigenvalue weighted by atomic mass is 10.2. The van der Waals surface area contributed by atoms with Crippen LogP contribution in [0.25, 0.3) is 22.4 Å². The lowest BCUT2D eigenvalue weighted by Crippen LogP contribution is -2.13. The van der Waals surface area contributed by atoms with Crippen LogP contribution in [-0.2, 0) is 0 Å². The van der Waals surface area contributed by atoms with Crippen LogP contribution in [0, 0.1) is 6.92 Å². The smallest absolute Gasteiger partial charge is 0.277 e. The molecule has 0 radical (unpaired) electrons. The number of aryl methyl sites for hydroxylation is 1. The van der Waals surface area contributed by atoms with E-state index in [1.54, 1.807) is 6.07 Å². The summed E-state index contributed by atoms with van der Waals surface area (Å²) in [5.41, 5.74) is 2.67. The van der Waals surface area contributed by atoms with E-state index in [0.29, 0.717) is 40.2 Å². The minimum absolute atomic E-state index is 0.192. The van der Waals surface area contributed by atoms with Crippen LogP contribution < -0.4 is 10.1 Å². The van der Waals surface area contributed by atoms with E-state index in [1.165, 1.54) is 11.3 Å². The molecule has 4 aromatic rings. The first-order valence-electron chi connectivity index (χ1n) is 9.45. The van der Waals surface area contributed by atoms with Gasteiger partial charge in [0.15, 0.2) is 27.9 Å². The summed E-state index contributed by atoms with van der Waals surface area (Å²) in [4.78, 5) is 17.0. The molecule has 7 nitrogen and oxygen atoms in total. The Morgan fingerprint density at radius 3 is 2.90 bits per heavy atom. The van der Waals surface area contributed by atoms with E-state index in [-0.39, 0.29) is 11.9 Å². The molecule has 0 aliphatic heterocycles. The monoisotopic (exact) mass is 410 g/mol. The largest absolute Gasteiger partial charge is 0.490 e. The molecule has 8 heteroatoms. The van der Waals surface area contributed by atoms with Crippen molar-refractivity contribution in [2.75, 3.05) is 11.9 Å². The second kappa shape index (κ2) is 7.71. The summed E-state index contributed by atoms with van der Waals surface area (Å²) in [7, 11) is 0. The number of thiazole rings is 1. The van der Waals surface area contributed by atoms with E-state index in [2.05, 4.69) is 15.4 Å². The van der Waals surface area contributed by atoms with Crippen molar-refractivity contribution in [2.24, 2.45) is 0 Å². The maximum Gasteiger partial charge on any atom is 0.277 e. The first-order chi connectivity index (χ1) is 14.0. The summed E-state index contributed by atoms with van der Waals surface area (Å²) in [6.45, 7) is 8.49. The van der Waals surface area contributed by atoms with Gasteiger partial charge in [0.05, 0.1) is 6.61 Å². The van der Waals surface area contributed by atoms with Gasteiger partial charge in [-0.2, -0.15) is 5.10 Å². The number of ether oxygens (including phenoxy) is 1. The number of benzene rings is 1. The van der Waals surface area contributed by atoms with Crippen LogP contribution in [0.5, 0.6) is 5.75 Å². The molecule has 4 rings (SSSR count). The summed E-state index contributed by atoms with van der Waals surface area (Å²) in [5, 5.41) is 10.5. The molecule has 3 heterocycles. The predicted octanol–water partition coefficient (Wildman–Crippen LogP) is 5.29. The van der Waals surface area contributed by atoms with Crippen LogP contribution in [0.3, 0.4) is 0 Å². The summed E-state index contributed by atoms with van der Waals surface area (Å²) in [5.74, 6) is 1.05. The number of hydrogen-bond donors (Lipinski definition) is 1. The molecule has 0 fully saturated rings. The Kier molecular flexibility index (Phi) is 5.10. The van der Waals surface area contributed by atoms with Crippen molar-refractivity contribution < 1.29 is 13.9 Å². The van der Waals surface area contributed by atoms with Gasteiger partial charge in [-0.1, -0.05) is 12.1 Å². The Morgan fingerprint density at radius 1 is 1.34 bits per heavy atom. The SMILES string of the molecule is CCOc1cccc2cc(-c3csc(NC(=O)c4cc(C)n(C(C)C)n4)n3)oc12. The van der Waals surface area contributed by atoms with Crippen LogP contribution in [-0.4, -0.2) is 27.3 Å². The van der Waals surface area contributed by atoms with E-state index in [9.17, 15) is 4.79 Å². The number of anilines is 1. The molecule has 1 aromatic carbocycles. The van der Waals surface area contributed by atoms with E-state index in [0.717, 1.165) is 11.1 Å². The third-order valence-corrected chi connectivity index (χ3v) is 5.19.